The van der Waals surface area contributed by atoms with E-state index < -0.39 is 80.5 Å². The number of esters is 1. The van der Waals surface area contributed by atoms with Crippen molar-refractivity contribution in [2.24, 2.45) is 28.9 Å². The molecule has 0 unspecified atom stereocenters. The highest BCUT2D eigenvalue weighted by molar-refractivity contribution is 7.89. The number of rotatable bonds is 35. The molecule has 0 fully saturated rings. The van der Waals surface area contributed by atoms with E-state index in [-0.39, 0.29) is 104 Å². The van der Waals surface area contributed by atoms with Crippen molar-refractivity contribution < 1.29 is 61.1 Å². The molecular formula is C66H92N8O13S. The average molecular weight is 1240 g/mol. The van der Waals surface area contributed by atoms with Gasteiger partial charge < -0.3 is 36.6 Å². The summed E-state index contributed by atoms with van der Waals surface area (Å²) < 4.78 is 34.3. The van der Waals surface area contributed by atoms with Gasteiger partial charge in [-0.05, 0) is 84.7 Å². The zero-order valence-electron chi connectivity index (χ0n) is 53.2. The first-order chi connectivity index (χ1) is 41.2. The van der Waals surface area contributed by atoms with Crippen molar-refractivity contribution in [1.29, 1.82) is 0 Å². The molecule has 88 heavy (non-hydrogen) atoms. The number of likely N-dealkylation sites (N-methyl/N-ethyl adjacent to an activating group) is 2. The maximum Gasteiger partial charge on any atom is 0.312 e. The molecule has 22 heteroatoms. The van der Waals surface area contributed by atoms with Gasteiger partial charge in [0.2, 0.25) is 27.7 Å². The molecule has 480 valence electrons. The third-order valence-corrected chi connectivity index (χ3v) is 16.9. The van der Waals surface area contributed by atoms with Crippen molar-refractivity contribution >= 4 is 69.0 Å². The molecule has 0 saturated heterocycles. The Labute approximate surface area is 519 Å². The summed E-state index contributed by atoms with van der Waals surface area (Å²) in [7, 11) is -0.932. The zero-order valence-corrected chi connectivity index (χ0v) is 54.0. The smallest absolute Gasteiger partial charge is 0.312 e. The molecule has 0 aromatic heterocycles. The quantitative estimate of drug-likeness (QED) is 0.0165. The molecule has 1 heterocycles. The van der Waals surface area contributed by atoms with E-state index in [0.717, 1.165) is 10.5 Å². The third kappa shape index (κ3) is 22.7. The van der Waals surface area contributed by atoms with Crippen LogP contribution in [-0.2, 0) is 88.5 Å². The molecule has 4 rings (SSSR count). The summed E-state index contributed by atoms with van der Waals surface area (Å²) in [6.45, 7) is 18.7. The molecule has 0 radical (unpaired) electrons. The number of primary amides is 1. The molecule has 0 bridgehead atoms. The van der Waals surface area contributed by atoms with Gasteiger partial charge in [-0.25, -0.2) is 17.9 Å². The van der Waals surface area contributed by atoms with E-state index in [2.05, 4.69) is 26.0 Å². The maximum atomic E-state index is 14.4. The van der Waals surface area contributed by atoms with Crippen LogP contribution < -0.4 is 31.7 Å². The van der Waals surface area contributed by atoms with Gasteiger partial charge in [-0.2, -0.15) is 0 Å². The number of imide groups is 1. The highest BCUT2D eigenvalue weighted by Crippen LogP contribution is 2.30. The Morgan fingerprint density at radius 1 is 0.716 bits per heavy atom. The number of ether oxygens (including phenoxy) is 1. The molecular weight excluding hydrogens is 1140 g/mol. The lowest BCUT2D eigenvalue weighted by molar-refractivity contribution is -0.144. The van der Waals surface area contributed by atoms with Crippen LogP contribution in [0.2, 0.25) is 0 Å². The number of sulfonamides is 1. The lowest BCUT2D eigenvalue weighted by Gasteiger charge is -2.40. The van der Waals surface area contributed by atoms with Gasteiger partial charge in [-0.1, -0.05) is 154 Å². The number of benzene rings is 3. The molecule has 0 spiro atoms. The van der Waals surface area contributed by atoms with Gasteiger partial charge in [-0.15, -0.1) is 0 Å². The predicted molar refractivity (Wildman–Crippen MR) is 336 cm³/mol. The number of carbonyl (C=O) groups excluding carboxylic acids is 10. The Kier molecular flexibility index (Phi) is 27.6. The second-order valence-corrected chi connectivity index (χ2v) is 26.7. The number of Topliss-reactive ketones (excluding diaryl/α,β-unsaturated/α-hetero) is 2. The van der Waals surface area contributed by atoms with E-state index in [4.69, 9.17) is 10.5 Å². The first-order valence-corrected chi connectivity index (χ1v) is 31.7. The summed E-state index contributed by atoms with van der Waals surface area (Å²) in [5.74, 6) is -5.45. The van der Waals surface area contributed by atoms with Crippen LogP contribution in [0.3, 0.4) is 0 Å². The highest BCUT2D eigenvalue weighted by Gasteiger charge is 2.42. The molecule has 0 aliphatic carbocycles. The van der Waals surface area contributed by atoms with Crippen LogP contribution in [0, 0.1) is 23.2 Å². The zero-order chi connectivity index (χ0) is 65.7. The minimum absolute atomic E-state index is 0.0290. The molecule has 7 N–H and O–H groups in total. The van der Waals surface area contributed by atoms with E-state index in [0.29, 0.717) is 47.9 Å². The Morgan fingerprint density at radius 3 is 1.85 bits per heavy atom. The van der Waals surface area contributed by atoms with Crippen LogP contribution in [0.1, 0.15) is 142 Å². The fraction of sp³-hybridized carbons (Fsp3) is 0.515. The Bertz CT molecular complexity index is 3100. The van der Waals surface area contributed by atoms with Gasteiger partial charge in [0.15, 0.2) is 5.78 Å². The standard InChI is InChI=1S/C66H92N8O13S/c1-42(2)51(39-50(75)22-17-14-18-35-74-55(77)32-33-56(74)78)61(81)70-52(23-19-34-69-64(67)84)54(76)37-45-24-28-47(29-25-45)40-87-57(79)38-46-26-30-48(31-27-46)41-88(85,86)72-60(80)44(5)36-53(43(3)4)73(12)63(83)59(65(6,7)8)71-62(82)58(68-11)66(9,10)49-20-15-13-16-21-49/h13,15-16,20-21,24-33,36,42-43,51-53,58-59,68H,14,17-19,22-23,34-35,37-41H2,1-12H3,(H,70,81)(H,71,82)(H,72,80)(H3,67,69,84)/b44-36+/t51-,52-,53-,58-,59-/m1/s1. The first-order valence-electron chi connectivity index (χ1n) is 30.0. The second-order valence-electron chi connectivity index (χ2n) is 25.0. The number of hydrogen-bond acceptors (Lipinski definition) is 14. The molecule has 3 aromatic carbocycles. The molecule has 1 aliphatic rings. The highest BCUT2D eigenvalue weighted by atomic mass is 32.2. The number of amides is 8. The molecule has 21 nitrogen and oxygen atoms in total. The number of ketones is 2. The van der Waals surface area contributed by atoms with E-state index in [1.165, 1.54) is 36.1 Å². The number of nitrogens with two attached hydrogens (primary N) is 1. The van der Waals surface area contributed by atoms with Crippen LogP contribution in [-0.4, -0.2) is 129 Å². The van der Waals surface area contributed by atoms with Crippen molar-refractivity contribution in [3.05, 3.63) is 130 Å². The fourth-order valence-corrected chi connectivity index (χ4v) is 11.5. The van der Waals surface area contributed by atoms with Crippen LogP contribution in [0.25, 0.3) is 0 Å². The summed E-state index contributed by atoms with van der Waals surface area (Å²) >= 11 is 0. The largest absolute Gasteiger partial charge is 0.461 e. The number of hydrogen-bond donors (Lipinski definition) is 6. The number of unbranched alkanes of at least 4 members (excludes halogenated alkanes) is 2. The maximum absolute atomic E-state index is 14.4. The molecule has 3 aromatic rings. The average Bonchev–Trinajstić information content (AvgIpc) is 2.06. The number of carbonyl (C=O) groups is 10. The second kappa shape index (κ2) is 33.5. The normalized spacial score (nSPS) is 14.6. The van der Waals surface area contributed by atoms with E-state index in [1.807, 2.05) is 92.6 Å². The Hall–Kier alpha value is -7.85. The third-order valence-electron chi connectivity index (χ3n) is 15.7. The van der Waals surface area contributed by atoms with E-state index >= 15 is 0 Å². The minimum atomic E-state index is -4.22. The summed E-state index contributed by atoms with van der Waals surface area (Å²) in [6, 6.07) is 18.7. The monoisotopic (exact) mass is 1240 g/mol. The van der Waals surface area contributed by atoms with Crippen LogP contribution >= 0.6 is 0 Å². The predicted octanol–water partition coefficient (Wildman–Crippen LogP) is 6.21. The topological polar surface area (TPSA) is 307 Å². The van der Waals surface area contributed by atoms with E-state index in [1.54, 1.807) is 56.6 Å². The van der Waals surface area contributed by atoms with Gasteiger partial charge >= 0.3 is 12.0 Å². The fourth-order valence-electron chi connectivity index (χ4n) is 10.4. The summed E-state index contributed by atoms with van der Waals surface area (Å²) in [6.07, 6.45) is 6.20. The number of urea groups is 1. The van der Waals surface area contributed by atoms with Crippen molar-refractivity contribution in [2.45, 2.75) is 169 Å². The number of nitrogens with one attached hydrogen (secondary N) is 5. The SMILES string of the molecule is CN[C@H](C(=O)N[C@H](C(=O)N(C)[C@H](/C=C(\C)C(=O)NS(=O)(=O)Cc1ccc(CC(=O)OCc2ccc(CC(=O)[C@@H](CCCNC(N)=O)NC(=O)[C@H](CC(=O)CCCCCN3C(=O)C=CC3=O)C(C)C)cc2)cc1)C(C)C)C(C)(C)C)C(C)(C)c1ccccc1. The lowest BCUT2D eigenvalue weighted by atomic mass is 9.76. The van der Waals surface area contributed by atoms with Crippen LogP contribution in [0.4, 0.5) is 4.79 Å². The Morgan fingerprint density at radius 2 is 1.30 bits per heavy atom. The van der Waals surface area contributed by atoms with Crippen molar-refractivity contribution in [3.63, 3.8) is 0 Å². The molecule has 1 aliphatic heterocycles. The molecule has 0 saturated carbocycles. The van der Waals surface area contributed by atoms with Gasteiger partial charge in [-0.3, -0.25) is 48.1 Å². The van der Waals surface area contributed by atoms with Crippen molar-refractivity contribution in [3.8, 4) is 0 Å². The molecule has 8 amide bonds. The van der Waals surface area contributed by atoms with Crippen molar-refractivity contribution in [2.75, 3.05) is 27.2 Å². The van der Waals surface area contributed by atoms with E-state index in [9.17, 15) is 56.4 Å². The molecule has 5 atom stereocenters. The van der Waals surface area contributed by atoms with Gasteiger partial charge in [0.1, 0.15) is 18.4 Å². The minimum Gasteiger partial charge on any atom is -0.461 e. The summed E-state index contributed by atoms with van der Waals surface area (Å²) in [5, 5.41) is 11.5. The van der Waals surface area contributed by atoms with Crippen LogP contribution in [0.5, 0.6) is 0 Å². The number of nitrogens with zero attached hydrogens (tertiary/aromatic N) is 2. The lowest BCUT2D eigenvalue weighted by Crippen LogP contribution is -2.61. The van der Waals surface area contributed by atoms with Gasteiger partial charge in [0, 0.05) is 68.5 Å². The van der Waals surface area contributed by atoms with Gasteiger partial charge in [0.25, 0.3) is 17.7 Å². The summed E-state index contributed by atoms with van der Waals surface area (Å²) in [4.78, 5) is 133. The van der Waals surface area contributed by atoms with Crippen LogP contribution in [0.15, 0.2) is 103 Å². The first kappa shape index (κ1) is 72.6. The Balaban J connectivity index is 1.29. The van der Waals surface area contributed by atoms with Gasteiger partial charge in [0.05, 0.1) is 30.3 Å². The van der Waals surface area contributed by atoms with Crippen molar-refractivity contribution in [1.82, 2.24) is 35.8 Å². The summed E-state index contributed by atoms with van der Waals surface area (Å²) in [5.41, 5.74) is 7.01.